The molecule has 1 aromatic heterocycles. The zero-order valence-corrected chi connectivity index (χ0v) is 8.17. The second-order valence-corrected chi connectivity index (χ2v) is 3.02. The van der Waals surface area contributed by atoms with Crippen LogP contribution in [0.5, 0.6) is 0 Å². The molecule has 1 heterocycles. The van der Waals surface area contributed by atoms with E-state index in [9.17, 15) is 4.79 Å². The molecule has 7 heteroatoms. The Bertz CT molecular complexity index is 347. The molecule has 1 amide bonds. The van der Waals surface area contributed by atoms with Crippen LogP contribution in [0.2, 0.25) is 0 Å². The lowest BCUT2D eigenvalue weighted by Gasteiger charge is -2.09. The van der Waals surface area contributed by atoms with Gasteiger partial charge in [0.2, 0.25) is 0 Å². The van der Waals surface area contributed by atoms with E-state index in [1.807, 2.05) is 0 Å². The van der Waals surface area contributed by atoms with Gasteiger partial charge in [-0.25, -0.2) is 0 Å². The first-order chi connectivity index (χ1) is 7.15. The highest BCUT2D eigenvalue weighted by Crippen LogP contribution is 1.96. The summed E-state index contributed by atoms with van der Waals surface area (Å²) < 4.78 is 4.51. The van der Waals surface area contributed by atoms with Gasteiger partial charge in [-0.05, 0) is 0 Å². The fraction of sp³-hybridized carbons (Fsp3) is 0.375. The second-order valence-electron chi connectivity index (χ2n) is 3.02. The lowest BCUT2D eigenvalue weighted by Crippen LogP contribution is -2.34. The van der Waals surface area contributed by atoms with Crippen molar-refractivity contribution in [3.63, 3.8) is 0 Å². The maximum atomic E-state index is 11.3. The summed E-state index contributed by atoms with van der Waals surface area (Å²) in [6.45, 7) is 1.99. The van der Waals surface area contributed by atoms with Crippen LogP contribution in [-0.4, -0.2) is 28.7 Å². The van der Waals surface area contributed by atoms with Crippen LogP contribution in [0.25, 0.3) is 0 Å². The summed E-state index contributed by atoms with van der Waals surface area (Å²) in [5.41, 5.74) is 5.53. The first-order valence-corrected chi connectivity index (χ1v) is 4.31. The molecule has 0 bridgehead atoms. The number of carbonyl (C=O) groups excluding carboxylic acids is 1. The Morgan fingerprint density at radius 3 is 3.13 bits per heavy atom. The van der Waals surface area contributed by atoms with Crippen molar-refractivity contribution in [3.05, 3.63) is 18.0 Å². The van der Waals surface area contributed by atoms with Gasteiger partial charge >= 0.3 is 0 Å². The van der Waals surface area contributed by atoms with Crippen molar-refractivity contribution < 1.29 is 14.5 Å². The van der Waals surface area contributed by atoms with Gasteiger partial charge in [0, 0.05) is 18.5 Å². The van der Waals surface area contributed by atoms with Gasteiger partial charge in [0.15, 0.2) is 5.69 Å². The lowest BCUT2D eigenvalue weighted by molar-refractivity contribution is 0.0942. The number of hydrogen-bond donors (Lipinski definition) is 3. The molecule has 1 unspecified atom stereocenters. The van der Waals surface area contributed by atoms with Crippen molar-refractivity contribution in [1.82, 2.24) is 10.5 Å². The molecule has 0 saturated heterocycles. The molecule has 0 aliphatic heterocycles. The van der Waals surface area contributed by atoms with Crippen LogP contribution in [0.1, 0.15) is 17.4 Å². The van der Waals surface area contributed by atoms with E-state index in [2.05, 4.69) is 20.2 Å². The van der Waals surface area contributed by atoms with Crippen LogP contribution < -0.4 is 11.1 Å². The van der Waals surface area contributed by atoms with Gasteiger partial charge < -0.3 is 20.8 Å². The predicted molar refractivity (Wildman–Crippen MR) is 51.4 cm³/mol. The van der Waals surface area contributed by atoms with Crippen molar-refractivity contribution in [3.8, 4) is 0 Å². The third-order valence-electron chi connectivity index (χ3n) is 1.86. The van der Waals surface area contributed by atoms with Gasteiger partial charge in [-0.15, -0.1) is 0 Å². The summed E-state index contributed by atoms with van der Waals surface area (Å²) in [6, 6.07) is 1.45. The maximum absolute atomic E-state index is 11.3. The van der Waals surface area contributed by atoms with E-state index in [0.29, 0.717) is 0 Å². The topological polar surface area (TPSA) is 114 Å². The molecule has 1 atom stereocenters. The van der Waals surface area contributed by atoms with E-state index in [1.54, 1.807) is 6.92 Å². The Hall–Kier alpha value is -2.05. The second kappa shape index (κ2) is 4.99. The number of rotatable bonds is 4. The lowest BCUT2D eigenvalue weighted by atomic mass is 10.1. The molecular formula is C8H12N4O3. The zero-order chi connectivity index (χ0) is 11.3. The fourth-order valence-corrected chi connectivity index (χ4v) is 0.869. The van der Waals surface area contributed by atoms with Gasteiger partial charge in [0.25, 0.3) is 5.91 Å². The summed E-state index contributed by atoms with van der Waals surface area (Å²) in [7, 11) is 0. The number of aromatic nitrogens is 1. The predicted octanol–water partition coefficient (Wildman–Crippen LogP) is -0.213. The van der Waals surface area contributed by atoms with Gasteiger partial charge in [0.05, 0.1) is 0 Å². The number of amides is 1. The quantitative estimate of drug-likeness (QED) is 0.276. The number of oxime groups is 1. The van der Waals surface area contributed by atoms with Crippen molar-refractivity contribution in [2.24, 2.45) is 16.8 Å². The SMILES string of the molecule is CC(CNC(=O)c1ccon1)C(N)=NO. The molecule has 4 N–H and O–H groups in total. The maximum Gasteiger partial charge on any atom is 0.273 e. The van der Waals surface area contributed by atoms with Crippen LogP contribution >= 0.6 is 0 Å². The Labute approximate surface area is 85.9 Å². The van der Waals surface area contributed by atoms with Crippen molar-refractivity contribution in [2.45, 2.75) is 6.92 Å². The van der Waals surface area contributed by atoms with Crippen LogP contribution in [-0.2, 0) is 0 Å². The highest BCUT2D eigenvalue weighted by molar-refractivity contribution is 5.92. The molecule has 7 nitrogen and oxygen atoms in total. The van der Waals surface area contributed by atoms with Gasteiger partial charge in [-0.1, -0.05) is 17.2 Å². The summed E-state index contributed by atoms with van der Waals surface area (Å²) in [6.07, 6.45) is 1.31. The third-order valence-corrected chi connectivity index (χ3v) is 1.86. The minimum Gasteiger partial charge on any atom is -0.409 e. The Kier molecular flexibility index (Phi) is 3.67. The molecule has 0 radical (unpaired) electrons. The summed E-state index contributed by atoms with van der Waals surface area (Å²) in [4.78, 5) is 11.3. The molecule has 0 aliphatic carbocycles. The van der Waals surface area contributed by atoms with Gasteiger partial charge in [-0.3, -0.25) is 4.79 Å². The minimum absolute atomic E-state index is 0.0652. The van der Waals surface area contributed by atoms with Crippen LogP contribution in [0.3, 0.4) is 0 Å². The van der Waals surface area contributed by atoms with Crippen LogP contribution in [0, 0.1) is 5.92 Å². The van der Waals surface area contributed by atoms with Crippen LogP contribution in [0.15, 0.2) is 22.0 Å². The van der Waals surface area contributed by atoms with Crippen molar-refractivity contribution in [1.29, 1.82) is 0 Å². The van der Waals surface area contributed by atoms with Gasteiger partial charge in [0.1, 0.15) is 12.1 Å². The Morgan fingerprint density at radius 1 is 1.87 bits per heavy atom. The smallest absolute Gasteiger partial charge is 0.273 e. The number of nitrogens with two attached hydrogens (primary N) is 1. The first kappa shape index (κ1) is 11.0. The normalized spacial score (nSPS) is 13.5. The molecule has 1 aromatic rings. The fourth-order valence-electron chi connectivity index (χ4n) is 0.869. The number of hydrogen-bond acceptors (Lipinski definition) is 5. The number of nitrogens with zero attached hydrogens (tertiary/aromatic N) is 2. The van der Waals surface area contributed by atoms with E-state index < -0.39 is 0 Å². The zero-order valence-electron chi connectivity index (χ0n) is 8.17. The number of nitrogens with one attached hydrogen (secondary N) is 1. The highest BCUT2D eigenvalue weighted by Gasteiger charge is 2.12. The minimum atomic E-state index is -0.360. The third kappa shape index (κ3) is 2.97. The Balaban J connectivity index is 2.41. The molecule has 1 rings (SSSR count). The van der Waals surface area contributed by atoms with E-state index in [1.165, 1.54) is 12.3 Å². The van der Waals surface area contributed by atoms with Gasteiger partial charge in [-0.2, -0.15) is 0 Å². The largest absolute Gasteiger partial charge is 0.409 e. The number of amidine groups is 1. The first-order valence-electron chi connectivity index (χ1n) is 4.31. The van der Waals surface area contributed by atoms with E-state index in [0.717, 1.165) is 0 Å². The summed E-state index contributed by atoms with van der Waals surface area (Å²) >= 11 is 0. The van der Waals surface area contributed by atoms with E-state index in [4.69, 9.17) is 10.9 Å². The molecule has 0 aromatic carbocycles. The Morgan fingerprint density at radius 2 is 2.60 bits per heavy atom. The monoisotopic (exact) mass is 212 g/mol. The average Bonchev–Trinajstić information content (AvgIpc) is 2.77. The molecule has 0 saturated carbocycles. The standard InChI is InChI=1S/C8H12N4O3/c1-5(7(9)11-14)4-10-8(13)6-2-3-15-12-6/h2-3,5,14H,4H2,1H3,(H2,9,11)(H,10,13). The number of carbonyl (C=O) groups is 1. The molecular weight excluding hydrogens is 200 g/mol. The van der Waals surface area contributed by atoms with Crippen molar-refractivity contribution in [2.75, 3.05) is 6.54 Å². The molecule has 0 fully saturated rings. The molecule has 0 spiro atoms. The summed E-state index contributed by atoms with van der Waals surface area (Å²) in [5.74, 6) is -0.539. The van der Waals surface area contributed by atoms with Crippen molar-refractivity contribution >= 4 is 11.7 Å². The van der Waals surface area contributed by atoms with Crippen LogP contribution in [0.4, 0.5) is 0 Å². The molecule has 0 aliphatic rings. The molecule has 15 heavy (non-hydrogen) atoms. The van der Waals surface area contributed by atoms with E-state index in [-0.39, 0.29) is 29.9 Å². The average molecular weight is 212 g/mol. The molecule has 82 valence electrons. The summed E-state index contributed by atoms with van der Waals surface area (Å²) in [5, 5.41) is 17.2. The van der Waals surface area contributed by atoms with E-state index >= 15 is 0 Å². The highest BCUT2D eigenvalue weighted by atomic mass is 16.5.